The van der Waals surface area contributed by atoms with Crippen LogP contribution < -0.4 is 0 Å². The Balaban J connectivity index is 1.70. The molecule has 0 aliphatic carbocycles. The van der Waals surface area contributed by atoms with Crippen molar-refractivity contribution < 1.29 is 14.3 Å². The summed E-state index contributed by atoms with van der Waals surface area (Å²) in [6.45, 7) is 2.52. The van der Waals surface area contributed by atoms with Gasteiger partial charge in [-0.1, -0.05) is 82.2 Å². The minimum Gasteiger partial charge on any atom is -0.447 e. The number of hydrogen-bond donors (Lipinski definition) is 0. The highest BCUT2D eigenvalue weighted by Gasteiger charge is 2.37. The molecule has 1 unspecified atom stereocenters. The summed E-state index contributed by atoms with van der Waals surface area (Å²) in [6.07, 6.45) is 10.2. The van der Waals surface area contributed by atoms with E-state index in [1.807, 2.05) is 30.3 Å². The van der Waals surface area contributed by atoms with Crippen LogP contribution in [-0.4, -0.2) is 29.5 Å². The minimum atomic E-state index is -0.481. The lowest BCUT2D eigenvalue weighted by atomic mass is 10.0. The Morgan fingerprint density at radius 2 is 1.68 bits per heavy atom. The monoisotopic (exact) mass is 345 g/mol. The number of ether oxygens (including phenoxy) is 1. The van der Waals surface area contributed by atoms with E-state index in [2.05, 4.69) is 6.92 Å². The summed E-state index contributed by atoms with van der Waals surface area (Å²) in [7, 11) is 0. The van der Waals surface area contributed by atoms with Crippen molar-refractivity contribution >= 4 is 12.0 Å². The fourth-order valence-corrected chi connectivity index (χ4v) is 3.33. The number of unbranched alkanes of at least 4 members (excludes halogenated alkanes) is 7. The Morgan fingerprint density at radius 1 is 1.04 bits per heavy atom. The van der Waals surface area contributed by atoms with E-state index in [1.54, 1.807) is 0 Å². The summed E-state index contributed by atoms with van der Waals surface area (Å²) in [5, 5.41) is 0. The van der Waals surface area contributed by atoms with Crippen LogP contribution in [0.2, 0.25) is 0 Å². The van der Waals surface area contributed by atoms with Gasteiger partial charge in [-0.25, -0.2) is 9.69 Å². The molecule has 138 valence electrons. The van der Waals surface area contributed by atoms with Gasteiger partial charge in [0.1, 0.15) is 6.61 Å². The van der Waals surface area contributed by atoms with Gasteiger partial charge < -0.3 is 4.74 Å². The third-order valence-electron chi connectivity index (χ3n) is 4.79. The van der Waals surface area contributed by atoms with E-state index < -0.39 is 6.09 Å². The topological polar surface area (TPSA) is 46.6 Å². The van der Waals surface area contributed by atoms with E-state index in [1.165, 1.54) is 43.4 Å². The highest BCUT2D eigenvalue weighted by atomic mass is 16.6. The molecule has 1 aliphatic rings. The van der Waals surface area contributed by atoms with Crippen molar-refractivity contribution in [3.8, 4) is 0 Å². The molecule has 4 heteroatoms. The van der Waals surface area contributed by atoms with Crippen LogP contribution >= 0.6 is 0 Å². The lowest BCUT2D eigenvalue weighted by Crippen LogP contribution is -2.40. The molecule has 1 aromatic rings. The second-order valence-electron chi connectivity index (χ2n) is 6.91. The number of carbonyl (C=O) groups excluding carboxylic acids is 2. The van der Waals surface area contributed by atoms with Crippen molar-refractivity contribution in [2.24, 2.45) is 0 Å². The van der Waals surface area contributed by atoms with Gasteiger partial charge in [0.15, 0.2) is 0 Å². The number of carbonyl (C=O) groups is 2. The van der Waals surface area contributed by atoms with Crippen molar-refractivity contribution in [1.82, 2.24) is 4.90 Å². The fourth-order valence-electron chi connectivity index (χ4n) is 3.33. The molecule has 1 atom stereocenters. The molecule has 2 rings (SSSR count). The third kappa shape index (κ3) is 6.52. The van der Waals surface area contributed by atoms with Gasteiger partial charge in [-0.3, -0.25) is 4.79 Å². The number of nitrogens with zero attached hydrogens (tertiary/aromatic N) is 1. The lowest BCUT2D eigenvalue weighted by Gasteiger charge is -2.19. The smallest absolute Gasteiger partial charge is 0.416 e. The molecule has 1 heterocycles. The van der Waals surface area contributed by atoms with Gasteiger partial charge in [-0.2, -0.15) is 0 Å². The predicted octanol–water partition coefficient (Wildman–Crippen LogP) is 5.11. The molecule has 0 radical (unpaired) electrons. The van der Waals surface area contributed by atoms with E-state index in [4.69, 9.17) is 4.74 Å². The first-order chi connectivity index (χ1) is 12.2. The minimum absolute atomic E-state index is 0.0885. The SMILES string of the molecule is CCCCCCCCCCC(=O)N1C(=O)OCC1Cc1ccccc1. The average molecular weight is 345 g/mol. The number of rotatable bonds is 11. The molecule has 1 saturated heterocycles. The quantitative estimate of drug-likeness (QED) is 0.524. The maximum absolute atomic E-state index is 12.5. The van der Waals surface area contributed by atoms with Crippen molar-refractivity contribution in [2.45, 2.75) is 77.2 Å². The normalized spacial score (nSPS) is 16.9. The number of imide groups is 1. The first-order valence-corrected chi connectivity index (χ1v) is 9.75. The maximum atomic E-state index is 12.5. The maximum Gasteiger partial charge on any atom is 0.416 e. The van der Waals surface area contributed by atoms with Crippen LogP contribution in [0.25, 0.3) is 0 Å². The van der Waals surface area contributed by atoms with Crippen LogP contribution in [-0.2, 0) is 16.0 Å². The van der Waals surface area contributed by atoms with E-state index in [0.29, 0.717) is 19.4 Å². The van der Waals surface area contributed by atoms with Crippen LogP contribution in [0.1, 0.15) is 70.3 Å². The number of amides is 2. The largest absolute Gasteiger partial charge is 0.447 e. The van der Waals surface area contributed by atoms with Crippen molar-refractivity contribution in [3.05, 3.63) is 35.9 Å². The zero-order chi connectivity index (χ0) is 17.9. The third-order valence-corrected chi connectivity index (χ3v) is 4.79. The number of hydrogen-bond acceptors (Lipinski definition) is 3. The summed E-state index contributed by atoms with van der Waals surface area (Å²) in [4.78, 5) is 25.7. The van der Waals surface area contributed by atoms with Crippen molar-refractivity contribution in [3.63, 3.8) is 0 Å². The van der Waals surface area contributed by atoms with E-state index in [-0.39, 0.29) is 11.9 Å². The summed E-state index contributed by atoms with van der Waals surface area (Å²) >= 11 is 0. The van der Waals surface area contributed by atoms with Gasteiger partial charge in [0.2, 0.25) is 5.91 Å². The van der Waals surface area contributed by atoms with E-state index in [9.17, 15) is 9.59 Å². The molecule has 0 N–H and O–H groups in total. The molecule has 0 spiro atoms. The van der Waals surface area contributed by atoms with Gasteiger partial charge in [0.25, 0.3) is 0 Å². The van der Waals surface area contributed by atoms with E-state index in [0.717, 1.165) is 18.4 Å². The molecule has 1 aliphatic heterocycles. The predicted molar refractivity (Wildman–Crippen MR) is 99.4 cm³/mol. The molecule has 25 heavy (non-hydrogen) atoms. The van der Waals surface area contributed by atoms with Crippen LogP contribution in [0.15, 0.2) is 30.3 Å². The fraction of sp³-hybridized carbons (Fsp3) is 0.619. The Kier molecular flexibility index (Phi) is 8.50. The lowest BCUT2D eigenvalue weighted by molar-refractivity contribution is -0.129. The van der Waals surface area contributed by atoms with Crippen LogP contribution in [0.3, 0.4) is 0 Å². The molecule has 0 aromatic heterocycles. The molecule has 1 fully saturated rings. The number of cyclic esters (lactones) is 1. The first kappa shape index (κ1) is 19.5. The average Bonchev–Trinajstić information content (AvgIpc) is 2.98. The van der Waals surface area contributed by atoms with E-state index >= 15 is 0 Å². The molecular formula is C21H31NO3. The number of benzene rings is 1. The Bertz CT molecular complexity index is 529. The van der Waals surface area contributed by atoms with Gasteiger partial charge in [0.05, 0.1) is 6.04 Å². The second-order valence-corrected chi connectivity index (χ2v) is 6.91. The Labute approximate surface area is 151 Å². The molecule has 2 amide bonds. The first-order valence-electron chi connectivity index (χ1n) is 9.75. The summed E-state index contributed by atoms with van der Waals surface area (Å²) in [6, 6.07) is 9.77. The van der Waals surface area contributed by atoms with Crippen molar-refractivity contribution in [2.75, 3.05) is 6.61 Å². The second kappa shape index (κ2) is 10.9. The van der Waals surface area contributed by atoms with Gasteiger partial charge >= 0.3 is 6.09 Å². The zero-order valence-electron chi connectivity index (χ0n) is 15.4. The van der Waals surface area contributed by atoms with Gasteiger partial charge in [0, 0.05) is 6.42 Å². The zero-order valence-corrected chi connectivity index (χ0v) is 15.4. The highest BCUT2D eigenvalue weighted by molar-refractivity contribution is 5.93. The Morgan fingerprint density at radius 3 is 2.36 bits per heavy atom. The molecule has 0 bridgehead atoms. The van der Waals surface area contributed by atoms with Crippen LogP contribution in [0, 0.1) is 0 Å². The molecule has 1 aromatic carbocycles. The van der Waals surface area contributed by atoms with Crippen LogP contribution in [0.5, 0.6) is 0 Å². The molecule has 4 nitrogen and oxygen atoms in total. The van der Waals surface area contributed by atoms with Gasteiger partial charge in [-0.15, -0.1) is 0 Å². The standard InChI is InChI=1S/C21H31NO3/c1-2-3-4-5-6-7-8-12-15-20(23)22-19(17-25-21(22)24)16-18-13-10-9-11-14-18/h9-11,13-14,19H,2-8,12,15-17H2,1H3. The van der Waals surface area contributed by atoms with Crippen molar-refractivity contribution in [1.29, 1.82) is 0 Å². The van der Waals surface area contributed by atoms with Crippen LogP contribution in [0.4, 0.5) is 4.79 Å². The summed E-state index contributed by atoms with van der Waals surface area (Å²) < 4.78 is 5.12. The molecular weight excluding hydrogens is 314 g/mol. The summed E-state index contributed by atoms with van der Waals surface area (Å²) in [5.41, 5.74) is 1.12. The highest BCUT2D eigenvalue weighted by Crippen LogP contribution is 2.19. The van der Waals surface area contributed by atoms with Gasteiger partial charge in [-0.05, 0) is 18.4 Å². The Hall–Kier alpha value is -1.84. The summed E-state index contributed by atoms with van der Waals surface area (Å²) in [5.74, 6) is -0.0885. The molecule has 0 saturated carbocycles.